The van der Waals surface area contributed by atoms with E-state index >= 15 is 0 Å². The number of hydrogen-bond acceptors (Lipinski definition) is 3. The van der Waals surface area contributed by atoms with Crippen molar-refractivity contribution in [2.45, 2.75) is 31.7 Å². The first-order valence-electron chi connectivity index (χ1n) is 6.44. The van der Waals surface area contributed by atoms with Crippen LogP contribution in [-0.4, -0.2) is 4.98 Å². The molecule has 1 unspecified atom stereocenters. The van der Waals surface area contributed by atoms with Crippen LogP contribution in [0.4, 0.5) is 13.2 Å². The Hall–Kier alpha value is -1.40. The van der Waals surface area contributed by atoms with E-state index in [2.05, 4.69) is 4.98 Å². The third-order valence-corrected chi connectivity index (χ3v) is 4.74. The van der Waals surface area contributed by atoms with Gasteiger partial charge in [0.15, 0.2) is 11.6 Å². The van der Waals surface area contributed by atoms with E-state index in [1.165, 1.54) is 16.2 Å². The lowest BCUT2D eigenvalue weighted by Crippen LogP contribution is -2.14. The molecule has 106 valence electrons. The van der Waals surface area contributed by atoms with E-state index in [1.54, 1.807) is 0 Å². The Balaban J connectivity index is 1.98. The lowest BCUT2D eigenvalue weighted by Gasteiger charge is -2.10. The minimum atomic E-state index is -1.21. The second-order valence-corrected chi connectivity index (χ2v) is 6.01. The van der Waals surface area contributed by atoms with Crippen molar-refractivity contribution in [2.75, 3.05) is 0 Å². The van der Waals surface area contributed by atoms with Crippen molar-refractivity contribution in [3.05, 3.63) is 50.7 Å². The lowest BCUT2D eigenvalue weighted by atomic mass is 10.0. The molecular formula is C14H13F3N2S. The number of nitrogens with zero attached hydrogens (tertiary/aromatic N) is 1. The monoisotopic (exact) mass is 298 g/mol. The normalized spacial score (nSPS) is 16.0. The molecule has 1 aromatic heterocycles. The average Bonchev–Trinajstić information content (AvgIpc) is 2.86. The molecule has 0 amide bonds. The molecule has 2 nitrogen and oxygen atoms in total. The Labute approximate surface area is 118 Å². The van der Waals surface area contributed by atoms with Gasteiger partial charge in [-0.1, -0.05) is 0 Å². The molecule has 0 spiro atoms. The summed E-state index contributed by atoms with van der Waals surface area (Å²) in [6.07, 6.45) is 4.06. The summed E-state index contributed by atoms with van der Waals surface area (Å²) in [4.78, 5) is 5.60. The highest BCUT2D eigenvalue weighted by molar-refractivity contribution is 7.11. The molecule has 1 aliphatic carbocycles. The summed E-state index contributed by atoms with van der Waals surface area (Å²) in [5.74, 6) is -3.15. The highest BCUT2D eigenvalue weighted by Crippen LogP contribution is 2.32. The van der Waals surface area contributed by atoms with E-state index in [9.17, 15) is 13.2 Å². The maximum absolute atomic E-state index is 13.7. The smallest absolute Gasteiger partial charge is 0.161 e. The van der Waals surface area contributed by atoms with Gasteiger partial charge in [0.25, 0.3) is 0 Å². The Morgan fingerprint density at radius 3 is 2.50 bits per heavy atom. The predicted molar refractivity (Wildman–Crippen MR) is 71.1 cm³/mol. The number of halogens is 3. The van der Waals surface area contributed by atoms with Crippen LogP contribution in [0.1, 0.15) is 40.0 Å². The van der Waals surface area contributed by atoms with Gasteiger partial charge in [-0.3, -0.25) is 0 Å². The molecule has 0 fully saturated rings. The van der Waals surface area contributed by atoms with E-state index in [4.69, 9.17) is 5.73 Å². The van der Waals surface area contributed by atoms with Gasteiger partial charge in [-0.15, -0.1) is 11.3 Å². The van der Waals surface area contributed by atoms with Gasteiger partial charge in [-0.05, 0) is 31.7 Å². The van der Waals surface area contributed by atoms with Crippen molar-refractivity contribution < 1.29 is 13.2 Å². The summed E-state index contributed by atoms with van der Waals surface area (Å²) in [6, 6.07) is 0.481. The Morgan fingerprint density at radius 1 is 1.05 bits per heavy atom. The predicted octanol–water partition coefficient (Wildman–Crippen LogP) is 3.49. The molecule has 3 rings (SSSR count). The fourth-order valence-electron chi connectivity index (χ4n) is 2.41. The van der Waals surface area contributed by atoms with E-state index in [0.717, 1.165) is 37.4 Å². The van der Waals surface area contributed by atoms with Crippen LogP contribution in [0.3, 0.4) is 0 Å². The molecule has 20 heavy (non-hydrogen) atoms. The van der Waals surface area contributed by atoms with Gasteiger partial charge in [-0.2, -0.15) is 0 Å². The number of nitrogens with two attached hydrogens (primary N) is 1. The molecule has 2 N–H and O–H groups in total. The van der Waals surface area contributed by atoms with Crippen LogP contribution in [0.5, 0.6) is 0 Å². The molecule has 0 aliphatic heterocycles. The average molecular weight is 298 g/mol. The van der Waals surface area contributed by atoms with Gasteiger partial charge in [0.05, 0.1) is 11.7 Å². The van der Waals surface area contributed by atoms with Crippen molar-refractivity contribution in [2.24, 2.45) is 5.73 Å². The van der Waals surface area contributed by atoms with Crippen molar-refractivity contribution in [1.82, 2.24) is 4.98 Å². The maximum atomic E-state index is 13.7. The van der Waals surface area contributed by atoms with Crippen LogP contribution in [0, 0.1) is 17.5 Å². The van der Waals surface area contributed by atoms with E-state index in [1.807, 2.05) is 0 Å². The fraction of sp³-hybridized carbons (Fsp3) is 0.357. The molecule has 0 bridgehead atoms. The molecule has 0 radical (unpaired) electrons. The van der Waals surface area contributed by atoms with E-state index < -0.39 is 23.5 Å². The number of aryl methyl sites for hydroxylation is 2. The van der Waals surface area contributed by atoms with Crippen LogP contribution in [0.25, 0.3) is 0 Å². The molecule has 1 atom stereocenters. The minimum absolute atomic E-state index is 0.0602. The van der Waals surface area contributed by atoms with Crippen molar-refractivity contribution in [1.29, 1.82) is 0 Å². The third-order valence-electron chi connectivity index (χ3n) is 3.50. The summed E-state index contributed by atoms with van der Waals surface area (Å²) in [5, 5.41) is 0.557. The molecule has 1 aliphatic rings. The molecule has 1 heterocycles. The van der Waals surface area contributed by atoms with E-state index in [-0.39, 0.29) is 5.56 Å². The molecule has 1 aromatic carbocycles. The van der Waals surface area contributed by atoms with Gasteiger partial charge in [0, 0.05) is 16.5 Å². The standard InChI is InChI=1S/C14H13F3N2S/c15-8-6-10(17)9(16)5-7(8)13(18)14-19-11-3-1-2-4-12(11)20-14/h5-6,13H,1-4,18H2. The van der Waals surface area contributed by atoms with Crippen LogP contribution >= 0.6 is 11.3 Å². The highest BCUT2D eigenvalue weighted by atomic mass is 32.1. The summed E-state index contributed by atoms with van der Waals surface area (Å²) < 4.78 is 39.9. The van der Waals surface area contributed by atoms with Crippen LogP contribution in [0.2, 0.25) is 0 Å². The van der Waals surface area contributed by atoms with Gasteiger partial charge in [-0.25, -0.2) is 18.2 Å². The van der Waals surface area contributed by atoms with Crippen molar-refractivity contribution in [3.63, 3.8) is 0 Å². The first-order valence-corrected chi connectivity index (χ1v) is 7.26. The molecule has 6 heteroatoms. The van der Waals surface area contributed by atoms with Crippen molar-refractivity contribution in [3.8, 4) is 0 Å². The van der Waals surface area contributed by atoms with Gasteiger partial charge >= 0.3 is 0 Å². The molecule has 2 aromatic rings. The minimum Gasteiger partial charge on any atom is -0.318 e. The maximum Gasteiger partial charge on any atom is 0.161 e. The second kappa shape index (κ2) is 5.18. The molecular weight excluding hydrogens is 285 g/mol. The number of thiazole rings is 1. The zero-order valence-electron chi connectivity index (χ0n) is 10.6. The number of fused-ring (bicyclic) bond motifs is 1. The summed E-state index contributed by atoms with van der Waals surface area (Å²) in [7, 11) is 0. The van der Waals surface area contributed by atoms with Gasteiger partial charge in [0.2, 0.25) is 0 Å². The quantitative estimate of drug-likeness (QED) is 0.862. The number of aromatic nitrogens is 1. The third kappa shape index (κ3) is 2.33. The SMILES string of the molecule is NC(c1nc2c(s1)CCCC2)c1cc(F)c(F)cc1F. The van der Waals surface area contributed by atoms with Crippen molar-refractivity contribution >= 4 is 11.3 Å². The van der Waals surface area contributed by atoms with Crippen LogP contribution in [-0.2, 0) is 12.8 Å². The van der Waals surface area contributed by atoms with Gasteiger partial charge < -0.3 is 5.73 Å². The highest BCUT2D eigenvalue weighted by Gasteiger charge is 2.23. The fourth-order valence-corrected chi connectivity index (χ4v) is 3.59. The van der Waals surface area contributed by atoms with Gasteiger partial charge in [0.1, 0.15) is 10.8 Å². The second-order valence-electron chi connectivity index (χ2n) is 4.89. The summed E-state index contributed by atoms with van der Waals surface area (Å²) in [5.41, 5.74) is 6.92. The Kier molecular flexibility index (Phi) is 3.52. The zero-order chi connectivity index (χ0) is 14.3. The summed E-state index contributed by atoms with van der Waals surface area (Å²) in [6.45, 7) is 0. The number of benzene rings is 1. The molecule has 0 saturated carbocycles. The largest absolute Gasteiger partial charge is 0.318 e. The topological polar surface area (TPSA) is 38.9 Å². The van der Waals surface area contributed by atoms with Crippen LogP contribution in [0.15, 0.2) is 12.1 Å². The summed E-state index contributed by atoms with van der Waals surface area (Å²) >= 11 is 1.44. The number of hydrogen-bond donors (Lipinski definition) is 1. The van der Waals surface area contributed by atoms with E-state index in [0.29, 0.717) is 11.1 Å². The first kappa shape index (κ1) is 13.6. The molecule has 0 saturated heterocycles. The Morgan fingerprint density at radius 2 is 1.75 bits per heavy atom. The number of rotatable bonds is 2. The first-order chi connectivity index (χ1) is 9.56. The van der Waals surface area contributed by atoms with Crippen LogP contribution < -0.4 is 5.73 Å². The zero-order valence-corrected chi connectivity index (χ0v) is 11.4. The Bertz CT molecular complexity index is 631. The lowest BCUT2D eigenvalue weighted by molar-refractivity contribution is 0.487.